The maximum Gasteiger partial charge on any atom is 0.148 e. The van der Waals surface area contributed by atoms with E-state index in [-0.39, 0.29) is 0 Å². The van der Waals surface area contributed by atoms with Crippen molar-refractivity contribution >= 4 is 11.5 Å². The Morgan fingerprint density at radius 1 is 1.37 bits per heavy atom. The number of hydrogen-bond donors (Lipinski definition) is 2. The predicted molar refractivity (Wildman–Crippen MR) is 80.1 cm³/mol. The van der Waals surface area contributed by atoms with E-state index < -0.39 is 0 Å². The van der Waals surface area contributed by atoms with Crippen LogP contribution in [-0.2, 0) is 20.0 Å². The Kier molecular flexibility index (Phi) is 4.10. The molecule has 1 aromatic carbocycles. The molecule has 0 aliphatic carbocycles. The van der Waals surface area contributed by atoms with Crippen molar-refractivity contribution in [3.63, 3.8) is 0 Å². The lowest BCUT2D eigenvalue weighted by atomic mass is 10.1. The van der Waals surface area contributed by atoms with Crippen LogP contribution in [0, 0.1) is 6.92 Å². The lowest BCUT2D eigenvalue weighted by Crippen LogP contribution is -2.06. The molecule has 4 heteroatoms. The Morgan fingerprint density at radius 3 is 2.84 bits per heavy atom. The van der Waals surface area contributed by atoms with Crippen LogP contribution in [0.3, 0.4) is 0 Å². The smallest absolute Gasteiger partial charge is 0.148 e. The first-order chi connectivity index (χ1) is 9.11. The predicted octanol–water partition coefficient (Wildman–Crippen LogP) is 2.88. The number of hydrogen-bond acceptors (Lipinski definition) is 3. The molecule has 0 saturated carbocycles. The van der Waals surface area contributed by atoms with Gasteiger partial charge in [0.1, 0.15) is 5.82 Å². The van der Waals surface area contributed by atoms with Crippen LogP contribution in [0.2, 0.25) is 0 Å². The number of nitrogens with zero attached hydrogens (tertiary/aromatic N) is 2. The third-order valence-electron chi connectivity index (χ3n) is 3.19. The van der Waals surface area contributed by atoms with Crippen LogP contribution in [0.5, 0.6) is 0 Å². The normalized spacial score (nSPS) is 10.7. The van der Waals surface area contributed by atoms with Gasteiger partial charge in [-0.25, -0.2) is 0 Å². The van der Waals surface area contributed by atoms with Crippen LogP contribution >= 0.6 is 0 Å². The molecule has 1 aromatic heterocycles. The minimum Gasteiger partial charge on any atom is -0.394 e. The van der Waals surface area contributed by atoms with E-state index in [1.54, 1.807) is 0 Å². The fourth-order valence-electron chi connectivity index (χ4n) is 2.23. The molecular formula is C15H22N4. The molecule has 0 radical (unpaired) electrons. The van der Waals surface area contributed by atoms with Crippen molar-refractivity contribution in [2.45, 2.75) is 33.2 Å². The van der Waals surface area contributed by atoms with E-state index in [2.05, 4.69) is 48.5 Å². The van der Waals surface area contributed by atoms with Crippen molar-refractivity contribution in [1.29, 1.82) is 0 Å². The Hall–Kier alpha value is -1.97. The van der Waals surface area contributed by atoms with Gasteiger partial charge in [-0.15, -0.1) is 0 Å². The summed E-state index contributed by atoms with van der Waals surface area (Å²) in [7, 11) is 1.92. The van der Waals surface area contributed by atoms with Gasteiger partial charge in [-0.3, -0.25) is 4.68 Å². The second-order valence-electron chi connectivity index (χ2n) is 4.93. The second-order valence-corrected chi connectivity index (χ2v) is 4.93. The van der Waals surface area contributed by atoms with Gasteiger partial charge in [0.05, 0.1) is 11.4 Å². The first kappa shape index (κ1) is 13.5. The lowest BCUT2D eigenvalue weighted by Gasteiger charge is -2.08. The summed E-state index contributed by atoms with van der Waals surface area (Å²) in [6.45, 7) is 4.99. The number of benzene rings is 1. The Morgan fingerprint density at radius 2 is 2.16 bits per heavy atom. The highest BCUT2D eigenvalue weighted by Crippen LogP contribution is 2.23. The van der Waals surface area contributed by atoms with Gasteiger partial charge >= 0.3 is 0 Å². The SMILES string of the molecule is CCCc1nn(C)c(NCc2cccc(C)c2)c1N. The fraction of sp³-hybridized carbons (Fsp3) is 0.400. The molecule has 102 valence electrons. The standard InChI is InChI=1S/C15H22N4/c1-4-6-13-14(16)15(19(3)18-13)17-10-12-8-5-7-11(2)9-12/h5,7-9,17H,4,6,10,16H2,1-3H3. The number of nitrogens with two attached hydrogens (primary N) is 1. The van der Waals surface area contributed by atoms with Gasteiger partial charge in [0.2, 0.25) is 0 Å². The molecule has 0 spiro atoms. The molecule has 0 amide bonds. The van der Waals surface area contributed by atoms with Crippen molar-refractivity contribution in [2.24, 2.45) is 7.05 Å². The number of nitrogens with one attached hydrogen (secondary N) is 1. The first-order valence-corrected chi connectivity index (χ1v) is 6.72. The highest BCUT2D eigenvalue weighted by Gasteiger charge is 2.11. The van der Waals surface area contributed by atoms with Crippen molar-refractivity contribution in [3.8, 4) is 0 Å². The topological polar surface area (TPSA) is 55.9 Å². The van der Waals surface area contributed by atoms with Gasteiger partial charge in [0.15, 0.2) is 0 Å². The second kappa shape index (κ2) is 5.78. The fourth-order valence-corrected chi connectivity index (χ4v) is 2.23. The van der Waals surface area contributed by atoms with Crippen LogP contribution in [0.15, 0.2) is 24.3 Å². The molecule has 0 aliphatic rings. The van der Waals surface area contributed by atoms with Gasteiger partial charge in [-0.2, -0.15) is 5.10 Å². The molecule has 1 heterocycles. The van der Waals surface area contributed by atoms with E-state index in [9.17, 15) is 0 Å². The molecule has 0 aliphatic heterocycles. The van der Waals surface area contributed by atoms with Gasteiger partial charge in [0, 0.05) is 13.6 Å². The van der Waals surface area contributed by atoms with Crippen LogP contribution < -0.4 is 11.1 Å². The molecule has 0 bridgehead atoms. The van der Waals surface area contributed by atoms with Gasteiger partial charge in [-0.1, -0.05) is 43.2 Å². The summed E-state index contributed by atoms with van der Waals surface area (Å²) in [6, 6.07) is 8.45. The maximum absolute atomic E-state index is 6.14. The van der Waals surface area contributed by atoms with Crippen LogP contribution in [0.4, 0.5) is 11.5 Å². The molecule has 0 saturated heterocycles. The zero-order valence-corrected chi connectivity index (χ0v) is 11.9. The monoisotopic (exact) mass is 258 g/mol. The molecule has 2 aromatic rings. The zero-order valence-electron chi connectivity index (χ0n) is 11.9. The van der Waals surface area contributed by atoms with Crippen LogP contribution in [-0.4, -0.2) is 9.78 Å². The Labute approximate surface area is 114 Å². The average Bonchev–Trinajstić information content (AvgIpc) is 2.63. The van der Waals surface area contributed by atoms with Gasteiger partial charge < -0.3 is 11.1 Å². The summed E-state index contributed by atoms with van der Waals surface area (Å²) < 4.78 is 1.83. The average molecular weight is 258 g/mol. The van der Waals surface area contributed by atoms with E-state index in [1.807, 2.05) is 11.7 Å². The van der Waals surface area contributed by atoms with Crippen molar-refractivity contribution in [2.75, 3.05) is 11.1 Å². The van der Waals surface area contributed by atoms with E-state index in [0.29, 0.717) is 0 Å². The van der Waals surface area contributed by atoms with E-state index >= 15 is 0 Å². The Balaban J connectivity index is 2.11. The van der Waals surface area contributed by atoms with Crippen LogP contribution in [0.25, 0.3) is 0 Å². The zero-order chi connectivity index (χ0) is 13.8. The number of rotatable bonds is 5. The molecule has 2 rings (SSSR count). The van der Waals surface area contributed by atoms with E-state index in [4.69, 9.17) is 5.73 Å². The van der Waals surface area contributed by atoms with Crippen molar-refractivity contribution in [1.82, 2.24) is 9.78 Å². The van der Waals surface area contributed by atoms with E-state index in [1.165, 1.54) is 11.1 Å². The molecular weight excluding hydrogens is 236 g/mol. The summed E-state index contributed by atoms with van der Waals surface area (Å²) in [5.41, 5.74) is 10.4. The molecule has 3 N–H and O–H groups in total. The highest BCUT2D eigenvalue weighted by atomic mass is 15.3. The van der Waals surface area contributed by atoms with Gasteiger partial charge in [0.25, 0.3) is 0 Å². The highest BCUT2D eigenvalue weighted by molar-refractivity contribution is 5.65. The summed E-state index contributed by atoms with van der Waals surface area (Å²) in [5.74, 6) is 0.907. The van der Waals surface area contributed by atoms with Crippen LogP contribution in [0.1, 0.15) is 30.2 Å². The third-order valence-corrected chi connectivity index (χ3v) is 3.19. The minimum atomic E-state index is 0.761. The maximum atomic E-state index is 6.14. The number of nitrogen functional groups attached to an aromatic ring is 1. The number of aromatic nitrogens is 2. The molecule has 4 nitrogen and oxygen atoms in total. The third kappa shape index (κ3) is 3.08. The number of aryl methyl sites for hydroxylation is 3. The van der Waals surface area contributed by atoms with Gasteiger partial charge in [-0.05, 0) is 18.9 Å². The quantitative estimate of drug-likeness (QED) is 0.867. The first-order valence-electron chi connectivity index (χ1n) is 6.72. The van der Waals surface area contributed by atoms with E-state index in [0.717, 1.165) is 36.6 Å². The number of anilines is 2. The Bertz CT molecular complexity index is 557. The molecule has 19 heavy (non-hydrogen) atoms. The summed E-state index contributed by atoms with van der Waals surface area (Å²) in [5, 5.41) is 7.84. The summed E-state index contributed by atoms with van der Waals surface area (Å²) in [6.07, 6.45) is 1.98. The molecule has 0 fully saturated rings. The largest absolute Gasteiger partial charge is 0.394 e. The summed E-state index contributed by atoms with van der Waals surface area (Å²) in [4.78, 5) is 0. The molecule has 0 atom stereocenters. The lowest BCUT2D eigenvalue weighted by molar-refractivity contribution is 0.735. The molecule has 0 unspecified atom stereocenters. The van der Waals surface area contributed by atoms with Crippen molar-refractivity contribution in [3.05, 3.63) is 41.1 Å². The van der Waals surface area contributed by atoms with Crippen molar-refractivity contribution < 1.29 is 0 Å². The minimum absolute atomic E-state index is 0.761. The summed E-state index contributed by atoms with van der Waals surface area (Å²) >= 11 is 0.